The van der Waals surface area contributed by atoms with Crippen molar-refractivity contribution in [3.8, 4) is 12.3 Å². The van der Waals surface area contributed by atoms with Crippen LogP contribution in [0.5, 0.6) is 0 Å². The largest absolute Gasteiger partial charge is 0.115 e. The van der Waals surface area contributed by atoms with E-state index in [1.54, 1.807) is 6.08 Å². The smallest absolute Gasteiger partial charge is 0.0242 e. The predicted molar refractivity (Wildman–Crippen MR) is 82.8 cm³/mol. The van der Waals surface area contributed by atoms with Gasteiger partial charge in [0.1, 0.15) is 0 Å². The van der Waals surface area contributed by atoms with Crippen molar-refractivity contribution in [3.05, 3.63) is 66.8 Å². The maximum absolute atomic E-state index is 5.28. The van der Waals surface area contributed by atoms with E-state index in [2.05, 4.69) is 19.1 Å². The summed E-state index contributed by atoms with van der Waals surface area (Å²) in [5.74, 6) is 2.53. The lowest BCUT2D eigenvalue weighted by Gasteiger charge is -1.99. The summed E-state index contributed by atoms with van der Waals surface area (Å²) in [6, 6.07) is 9.90. The van der Waals surface area contributed by atoms with Crippen LogP contribution in [-0.2, 0) is 0 Å². The van der Waals surface area contributed by atoms with Gasteiger partial charge in [0, 0.05) is 5.57 Å². The molecule has 1 aromatic carbocycles. The molecule has 0 aliphatic carbocycles. The van der Waals surface area contributed by atoms with E-state index in [9.17, 15) is 0 Å². The topological polar surface area (TPSA) is 0 Å². The lowest BCUT2D eigenvalue weighted by molar-refractivity contribution is 1.62. The van der Waals surface area contributed by atoms with Crippen LogP contribution in [0.4, 0.5) is 0 Å². The van der Waals surface area contributed by atoms with Crippen LogP contribution in [0, 0.1) is 12.3 Å². The maximum atomic E-state index is 5.28. The highest BCUT2D eigenvalue weighted by Gasteiger charge is 1.94. The van der Waals surface area contributed by atoms with Gasteiger partial charge >= 0.3 is 0 Å². The van der Waals surface area contributed by atoms with Crippen LogP contribution >= 0.6 is 0 Å². The zero-order chi connectivity index (χ0) is 10.4. The molecule has 0 fully saturated rings. The van der Waals surface area contributed by atoms with E-state index in [1.807, 2.05) is 36.4 Å². The van der Waals surface area contributed by atoms with Crippen LogP contribution in [0.25, 0.3) is 5.57 Å². The van der Waals surface area contributed by atoms with Gasteiger partial charge in [-0.2, -0.15) is 0 Å². The van der Waals surface area contributed by atoms with E-state index < -0.39 is 0 Å². The fourth-order valence-electron chi connectivity index (χ4n) is 1.08. The van der Waals surface area contributed by atoms with Crippen molar-refractivity contribution in [1.82, 2.24) is 0 Å². The van der Waals surface area contributed by atoms with Gasteiger partial charge < -0.3 is 0 Å². The molecular formula is C17H24. The summed E-state index contributed by atoms with van der Waals surface area (Å²) in [6.07, 6.45) is 8.78. The molecule has 0 heterocycles. The van der Waals surface area contributed by atoms with E-state index in [0.29, 0.717) is 0 Å². The Kier molecular flexibility index (Phi) is 12.6. The summed E-state index contributed by atoms with van der Waals surface area (Å²) in [7, 11) is 0. The predicted octanol–water partition coefficient (Wildman–Crippen LogP) is 5.35. The molecule has 92 valence electrons. The highest BCUT2D eigenvalue weighted by molar-refractivity contribution is 5.74. The van der Waals surface area contributed by atoms with E-state index in [0.717, 1.165) is 16.7 Å². The van der Waals surface area contributed by atoms with Crippen molar-refractivity contribution < 1.29 is 0 Å². The molecular weight excluding hydrogens is 204 g/mol. The van der Waals surface area contributed by atoms with Gasteiger partial charge in [-0.05, 0) is 17.2 Å². The molecule has 0 unspecified atom stereocenters. The van der Waals surface area contributed by atoms with E-state index >= 15 is 0 Å². The molecule has 0 N–H and O–H groups in total. The zero-order valence-corrected chi connectivity index (χ0v) is 8.03. The standard InChI is InChI=1S/C14H12.3CH4/c1-4-13(5-2)11-12(3)14-9-7-6-8-10-14;;;/h1,5-11H,2-3H2;3*1H4/b13-11-;;;. The Morgan fingerprint density at radius 3 is 2.06 bits per heavy atom. The first kappa shape index (κ1) is 20.4. The minimum absolute atomic E-state index is 0. The molecule has 0 spiro atoms. The van der Waals surface area contributed by atoms with Gasteiger partial charge in [-0.3, -0.25) is 0 Å². The average Bonchev–Trinajstić information content (AvgIpc) is 2.26. The van der Waals surface area contributed by atoms with E-state index in [-0.39, 0.29) is 22.3 Å². The Morgan fingerprint density at radius 2 is 1.65 bits per heavy atom. The van der Waals surface area contributed by atoms with Gasteiger partial charge in [-0.25, -0.2) is 0 Å². The summed E-state index contributed by atoms with van der Waals surface area (Å²) >= 11 is 0. The second-order valence-electron chi connectivity index (χ2n) is 2.84. The number of hydrogen-bond donors (Lipinski definition) is 0. The molecule has 0 aliphatic rings. The fraction of sp³-hybridized carbons (Fsp3) is 0.176. The fourth-order valence-corrected chi connectivity index (χ4v) is 1.08. The van der Waals surface area contributed by atoms with Crippen LogP contribution < -0.4 is 0 Å². The second-order valence-corrected chi connectivity index (χ2v) is 2.84. The highest BCUT2D eigenvalue weighted by atomic mass is 14.0. The molecule has 1 rings (SSSR count). The Balaban J connectivity index is -0.000000653. The zero-order valence-electron chi connectivity index (χ0n) is 8.03. The first-order valence-electron chi connectivity index (χ1n) is 4.33. The summed E-state index contributed by atoms with van der Waals surface area (Å²) in [5, 5.41) is 0. The summed E-state index contributed by atoms with van der Waals surface area (Å²) in [5.41, 5.74) is 2.72. The molecule has 0 saturated carbocycles. The van der Waals surface area contributed by atoms with Gasteiger partial charge in [-0.1, -0.05) is 77.8 Å². The van der Waals surface area contributed by atoms with Crippen LogP contribution in [0.2, 0.25) is 0 Å². The lowest BCUT2D eigenvalue weighted by atomic mass is 10.1. The molecule has 0 aromatic heterocycles. The molecule has 0 atom stereocenters. The molecule has 17 heavy (non-hydrogen) atoms. The third-order valence-electron chi connectivity index (χ3n) is 1.86. The summed E-state index contributed by atoms with van der Waals surface area (Å²) < 4.78 is 0. The SMILES string of the molecule is C.C.C.C#C/C(C=C)=C/C(=C)c1ccccc1. The second kappa shape index (κ2) is 10.5. The van der Waals surface area contributed by atoms with Crippen molar-refractivity contribution in [3.63, 3.8) is 0 Å². The molecule has 0 aliphatic heterocycles. The minimum Gasteiger partial charge on any atom is -0.115 e. The normalized spacial score (nSPS) is 8.53. The van der Waals surface area contributed by atoms with Crippen LogP contribution in [-0.4, -0.2) is 0 Å². The average molecular weight is 228 g/mol. The third kappa shape index (κ3) is 6.22. The first-order chi connectivity index (χ1) is 6.77. The van der Waals surface area contributed by atoms with Gasteiger partial charge in [0.15, 0.2) is 0 Å². The minimum atomic E-state index is 0. The van der Waals surface area contributed by atoms with Crippen molar-refractivity contribution in [2.24, 2.45) is 0 Å². The number of benzene rings is 1. The van der Waals surface area contributed by atoms with E-state index in [4.69, 9.17) is 6.42 Å². The number of rotatable bonds is 3. The monoisotopic (exact) mass is 228 g/mol. The Bertz CT molecular complexity index is 399. The molecule has 0 bridgehead atoms. The molecule has 1 aromatic rings. The quantitative estimate of drug-likeness (QED) is 0.483. The van der Waals surface area contributed by atoms with Crippen LogP contribution in [0.15, 0.2) is 61.2 Å². The van der Waals surface area contributed by atoms with Crippen molar-refractivity contribution in [2.75, 3.05) is 0 Å². The Morgan fingerprint density at radius 1 is 1.12 bits per heavy atom. The van der Waals surface area contributed by atoms with Gasteiger partial charge in [-0.15, -0.1) is 6.42 Å². The first-order valence-corrected chi connectivity index (χ1v) is 4.33. The van der Waals surface area contributed by atoms with Crippen molar-refractivity contribution >= 4 is 5.57 Å². The molecule has 0 nitrogen and oxygen atoms in total. The third-order valence-corrected chi connectivity index (χ3v) is 1.86. The lowest BCUT2D eigenvalue weighted by Crippen LogP contribution is -1.79. The molecule has 0 saturated heterocycles. The number of terminal acetylenes is 1. The molecule has 0 heteroatoms. The number of hydrogen-bond acceptors (Lipinski definition) is 0. The van der Waals surface area contributed by atoms with Crippen molar-refractivity contribution in [1.29, 1.82) is 0 Å². The van der Waals surface area contributed by atoms with Gasteiger partial charge in [0.25, 0.3) is 0 Å². The molecule has 0 amide bonds. The molecule has 0 radical (unpaired) electrons. The maximum Gasteiger partial charge on any atom is 0.0242 e. The van der Waals surface area contributed by atoms with Crippen molar-refractivity contribution in [2.45, 2.75) is 22.3 Å². The Labute approximate surface area is 107 Å². The Hall–Kier alpha value is -2.00. The highest BCUT2D eigenvalue weighted by Crippen LogP contribution is 2.14. The van der Waals surface area contributed by atoms with E-state index in [1.165, 1.54) is 0 Å². The van der Waals surface area contributed by atoms with Crippen LogP contribution in [0.3, 0.4) is 0 Å². The summed E-state index contributed by atoms with van der Waals surface area (Å²) in [6.45, 7) is 7.57. The van der Waals surface area contributed by atoms with Crippen LogP contribution in [0.1, 0.15) is 27.8 Å². The van der Waals surface area contributed by atoms with Gasteiger partial charge in [0.05, 0.1) is 0 Å². The summed E-state index contributed by atoms with van der Waals surface area (Å²) in [4.78, 5) is 0. The number of allylic oxidation sites excluding steroid dienone is 4. The van der Waals surface area contributed by atoms with Gasteiger partial charge in [0.2, 0.25) is 0 Å².